The van der Waals surface area contributed by atoms with Crippen LogP contribution in [0.1, 0.15) is 219 Å². The predicted octanol–water partition coefficient (Wildman–Crippen LogP) is 9.02. The summed E-state index contributed by atoms with van der Waals surface area (Å²) in [5.41, 5.74) is 0. The number of rotatable bonds is 42. The van der Waals surface area contributed by atoms with E-state index in [0.717, 1.165) is 51.2 Å². The fourth-order valence-electron chi connectivity index (χ4n) is 8.62. The lowest BCUT2D eigenvalue weighted by Gasteiger charge is -2.40. The van der Waals surface area contributed by atoms with Crippen LogP contribution in [0.15, 0.2) is 0 Å². The maximum atomic E-state index is 11.2. The van der Waals surface area contributed by atoms with E-state index in [-0.39, 0.29) is 6.61 Å². The highest BCUT2D eigenvalue weighted by Crippen LogP contribution is 2.24. The molecule has 8 atom stereocenters. The van der Waals surface area contributed by atoms with Crippen molar-refractivity contribution >= 4 is 0 Å². The van der Waals surface area contributed by atoms with Crippen molar-refractivity contribution < 1.29 is 44.8 Å². The average molecular weight is 830 g/mol. The summed E-state index contributed by atoms with van der Waals surface area (Å²) in [5.74, 6) is 0.864. The largest absolute Gasteiger partial charge is 0.394 e. The minimum atomic E-state index is -1.53. The van der Waals surface area contributed by atoms with Crippen LogP contribution in [0, 0.1) is 5.92 Å². The van der Waals surface area contributed by atoms with E-state index in [1.165, 1.54) is 173 Å². The van der Waals surface area contributed by atoms with Gasteiger partial charge < -0.3 is 50.2 Å². The van der Waals surface area contributed by atoms with Gasteiger partial charge >= 0.3 is 0 Å². The molecule has 0 aliphatic carbocycles. The van der Waals surface area contributed by atoms with Gasteiger partial charge in [-0.2, -0.15) is 0 Å². The summed E-state index contributed by atoms with van der Waals surface area (Å²) in [6.45, 7) is 4.31. The van der Waals surface area contributed by atoms with Crippen LogP contribution in [-0.4, -0.2) is 113 Å². The van der Waals surface area contributed by atoms with Gasteiger partial charge in [-0.15, -0.1) is 0 Å². The first-order valence-electron chi connectivity index (χ1n) is 25.0. The van der Waals surface area contributed by atoms with Crippen LogP contribution in [0.2, 0.25) is 0 Å². The maximum Gasteiger partial charge on any atom is 0.186 e. The van der Waals surface area contributed by atoms with Gasteiger partial charge in [0.15, 0.2) is 6.29 Å². The van der Waals surface area contributed by atoms with Crippen LogP contribution < -0.4 is 5.32 Å². The van der Waals surface area contributed by atoms with Crippen LogP contribution >= 0.6 is 0 Å². The van der Waals surface area contributed by atoms with Crippen molar-refractivity contribution in [2.24, 2.45) is 5.92 Å². The Hall–Kier alpha value is -0.400. The minimum Gasteiger partial charge on any atom is -0.394 e. The zero-order valence-electron chi connectivity index (χ0n) is 37.5. The molecule has 0 spiro atoms. The summed E-state index contributed by atoms with van der Waals surface area (Å²) in [7, 11) is 0. The molecule has 2 saturated heterocycles. The van der Waals surface area contributed by atoms with E-state index in [4.69, 9.17) is 14.2 Å². The highest BCUT2D eigenvalue weighted by Gasteiger charge is 2.44. The van der Waals surface area contributed by atoms with Gasteiger partial charge in [-0.25, -0.2) is 0 Å². The Labute approximate surface area is 356 Å². The fourth-order valence-corrected chi connectivity index (χ4v) is 8.62. The van der Waals surface area contributed by atoms with Gasteiger partial charge in [0.25, 0.3) is 0 Å². The van der Waals surface area contributed by atoms with Gasteiger partial charge in [0, 0.05) is 5.92 Å². The first-order valence-corrected chi connectivity index (χ1v) is 25.0. The average Bonchev–Trinajstić information content (AvgIpc) is 3.21. The first-order chi connectivity index (χ1) is 28.4. The Morgan fingerprint density at radius 1 is 0.552 bits per heavy atom. The van der Waals surface area contributed by atoms with Crippen molar-refractivity contribution in [1.29, 1.82) is 0 Å². The number of aliphatic hydroxyl groups excluding tert-OH is 6. The molecule has 58 heavy (non-hydrogen) atoms. The maximum absolute atomic E-state index is 11.2. The van der Waals surface area contributed by atoms with E-state index in [0.29, 0.717) is 13.0 Å². The third-order valence-corrected chi connectivity index (χ3v) is 12.9. The molecule has 0 saturated carbocycles. The van der Waals surface area contributed by atoms with Crippen molar-refractivity contribution in [3.8, 4) is 0 Å². The number of hydrogen-bond donors (Lipinski definition) is 7. The molecule has 0 aromatic carbocycles. The number of ether oxygens (including phenoxy) is 3. The summed E-state index contributed by atoms with van der Waals surface area (Å²) in [6.07, 6.45) is 33.0. The molecule has 2 heterocycles. The van der Waals surface area contributed by atoms with Crippen LogP contribution in [-0.2, 0) is 14.2 Å². The van der Waals surface area contributed by atoms with Crippen molar-refractivity contribution in [3.63, 3.8) is 0 Å². The molecule has 2 rings (SSSR count). The van der Waals surface area contributed by atoms with E-state index in [9.17, 15) is 30.6 Å². The molecule has 346 valence electrons. The van der Waals surface area contributed by atoms with Gasteiger partial charge in [0.2, 0.25) is 0 Å². The second kappa shape index (κ2) is 37.2. The van der Waals surface area contributed by atoms with Gasteiger partial charge in [0.05, 0.1) is 44.7 Å². The number of unbranched alkanes of at least 4 members (excludes halogenated alkanes) is 29. The smallest absolute Gasteiger partial charge is 0.186 e. The molecule has 0 amide bonds. The van der Waals surface area contributed by atoms with Gasteiger partial charge in [-0.1, -0.05) is 200 Å². The van der Waals surface area contributed by atoms with E-state index >= 15 is 0 Å². The number of aliphatic hydroxyl groups is 6. The lowest BCUT2D eigenvalue weighted by atomic mass is 9.98. The second-order valence-corrected chi connectivity index (χ2v) is 18.2. The number of hydrogen-bond acceptors (Lipinski definition) is 10. The molecule has 2 fully saturated rings. The normalized spacial score (nSPS) is 22.9. The molecule has 10 heteroatoms. The van der Waals surface area contributed by atoms with Crippen LogP contribution in [0.4, 0.5) is 0 Å². The quantitative estimate of drug-likeness (QED) is 0.0296. The van der Waals surface area contributed by atoms with Crippen LogP contribution in [0.3, 0.4) is 0 Å². The van der Waals surface area contributed by atoms with Crippen molar-refractivity contribution in [3.05, 3.63) is 0 Å². The molecule has 2 aliphatic heterocycles. The molecule has 2 aliphatic rings. The fraction of sp³-hybridized carbons (Fsp3) is 1.00. The summed E-state index contributed by atoms with van der Waals surface area (Å²) < 4.78 is 16.6. The second-order valence-electron chi connectivity index (χ2n) is 18.2. The highest BCUT2D eigenvalue weighted by molar-refractivity contribution is 4.90. The van der Waals surface area contributed by atoms with E-state index in [1.807, 2.05) is 0 Å². The summed E-state index contributed by atoms with van der Waals surface area (Å²) >= 11 is 0. The van der Waals surface area contributed by atoms with Gasteiger partial charge in [-0.3, -0.25) is 0 Å². The van der Waals surface area contributed by atoms with Crippen molar-refractivity contribution in [2.45, 2.75) is 268 Å². The standard InChI is InChI=1S/C48H95NO9/c1-2-3-4-5-6-7-8-19-22-25-28-31-34-42(51)44(52)41(39-57-48-47(55)46(54)45(53)43(36-50)58-48)49-35-32-29-26-23-20-17-15-13-11-9-10-12-14-16-18-21-24-27-30-33-40-37-56-38-40/h40-55H,2-39H2,1H3/t41-,42+,43+,44-,45-,46-,47+,48-/m0/s1. The zero-order valence-corrected chi connectivity index (χ0v) is 37.5. The van der Waals surface area contributed by atoms with Gasteiger partial charge in [-0.05, 0) is 25.8 Å². The van der Waals surface area contributed by atoms with Crippen molar-refractivity contribution in [1.82, 2.24) is 5.32 Å². The molecule has 0 aromatic heterocycles. The van der Waals surface area contributed by atoms with Crippen LogP contribution in [0.25, 0.3) is 0 Å². The molecule has 10 nitrogen and oxygen atoms in total. The third-order valence-electron chi connectivity index (χ3n) is 12.9. The molecular weight excluding hydrogens is 735 g/mol. The third kappa shape index (κ3) is 26.2. The Balaban J connectivity index is 1.52. The van der Waals surface area contributed by atoms with E-state index < -0.39 is 55.6 Å². The zero-order chi connectivity index (χ0) is 41.9. The molecule has 0 bridgehead atoms. The molecule has 0 aromatic rings. The predicted molar refractivity (Wildman–Crippen MR) is 236 cm³/mol. The van der Waals surface area contributed by atoms with Gasteiger partial charge in [0.1, 0.15) is 24.4 Å². The molecular formula is C48H95NO9. The SMILES string of the molecule is CCCCCCCCCCCCCC[C@@H](O)[C@@H](O)[C@H](CO[C@H]1O[C@H](CO)[C@H](O)[C@H](O)[C@H]1O)NCCCCCCCCCCCCCCCCCCCCCC1COC1. The minimum absolute atomic E-state index is 0.0726. The molecule has 0 radical (unpaired) electrons. The highest BCUT2D eigenvalue weighted by atomic mass is 16.7. The number of nitrogens with one attached hydrogen (secondary N) is 1. The summed E-state index contributed by atoms with van der Waals surface area (Å²) in [5, 5.41) is 65.9. The van der Waals surface area contributed by atoms with Crippen molar-refractivity contribution in [2.75, 3.05) is 33.0 Å². The Morgan fingerprint density at radius 2 is 0.983 bits per heavy atom. The lowest BCUT2D eigenvalue weighted by Crippen LogP contribution is -2.60. The molecule has 7 N–H and O–H groups in total. The Kier molecular flexibility index (Phi) is 34.4. The molecule has 0 unspecified atom stereocenters. The monoisotopic (exact) mass is 830 g/mol. The van der Waals surface area contributed by atoms with Crippen LogP contribution in [0.5, 0.6) is 0 Å². The topological polar surface area (TPSA) is 161 Å². The summed E-state index contributed by atoms with van der Waals surface area (Å²) in [4.78, 5) is 0. The van der Waals surface area contributed by atoms with E-state index in [1.54, 1.807) is 0 Å². The van der Waals surface area contributed by atoms with E-state index in [2.05, 4.69) is 12.2 Å². The first kappa shape index (κ1) is 53.7. The lowest BCUT2D eigenvalue weighted by molar-refractivity contribution is -0.303. The Bertz CT molecular complexity index is 880. The Morgan fingerprint density at radius 3 is 1.41 bits per heavy atom. The summed E-state index contributed by atoms with van der Waals surface area (Å²) in [6, 6.07) is -0.614.